The van der Waals surface area contributed by atoms with Crippen molar-refractivity contribution in [3.63, 3.8) is 0 Å². The summed E-state index contributed by atoms with van der Waals surface area (Å²) in [6.45, 7) is 2.76. The first-order valence-electron chi connectivity index (χ1n) is 9.04. The molecule has 0 aliphatic heterocycles. The second kappa shape index (κ2) is 10.8. The van der Waals surface area contributed by atoms with Crippen molar-refractivity contribution < 1.29 is 19.0 Å². The minimum absolute atomic E-state index is 0.272. The summed E-state index contributed by atoms with van der Waals surface area (Å²) in [5.74, 6) is 1.48. The van der Waals surface area contributed by atoms with Gasteiger partial charge < -0.3 is 19.5 Å². The van der Waals surface area contributed by atoms with Crippen molar-refractivity contribution in [2.75, 3.05) is 26.1 Å². The van der Waals surface area contributed by atoms with Gasteiger partial charge in [-0.05, 0) is 36.8 Å². The molecule has 0 bridgehead atoms. The van der Waals surface area contributed by atoms with E-state index in [9.17, 15) is 4.79 Å². The molecule has 6 heteroatoms. The first-order valence-corrected chi connectivity index (χ1v) is 9.84. The quantitative estimate of drug-likeness (QED) is 0.487. The molecule has 0 radical (unpaired) electrons. The molecule has 2 aromatic carbocycles. The Balaban J connectivity index is 2.16. The normalized spacial score (nSPS) is 10.4. The number of anilines is 1. The van der Waals surface area contributed by atoms with Crippen LogP contribution in [0.2, 0.25) is 0 Å². The van der Waals surface area contributed by atoms with Crippen LogP contribution in [0.1, 0.15) is 43.0 Å². The molecule has 0 spiro atoms. The van der Waals surface area contributed by atoms with E-state index >= 15 is 0 Å². The fraction of sp³-hybridized carbons (Fsp3) is 0.381. The lowest BCUT2D eigenvalue weighted by Gasteiger charge is -2.14. The number of rotatable bonds is 10. The van der Waals surface area contributed by atoms with E-state index in [1.807, 2.05) is 12.1 Å². The molecule has 0 unspecified atom stereocenters. The maximum atomic E-state index is 12.9. The molecule has 0 aliphatic rings. The van der Waals surface area contributed by atoms with E-state index < -0.39 is 0 Å². The van der Waals surface area contributed by atoms with Crippen LogP contribution in [0.3, 0.4) is 0 Å². The third-order valence-corrected chi connectivity index (χ3v) is 4.59. The molecule has 0 saturated heterocycles. The SMILES string of the molecule is CCCCCCOc1ccc(Br)cc1C(=O)Nc1cc(OC)ccc1OC. The van der Waals surface area contributed by atoms with Gasteiger partial charge in [-0.2, -0.15) is 0 Å². The van der Waals surface area contributed by atoms with Crippen LogP contribution in [-0.2, 0) is 0 Å². The van der Waals surface area contributed by atoms with E-state index in [2.05, 4.69) is 28.2 Å². The molecular weight excluding hydrogens is 410 g/mol. The Bertz CT molecular complexity index is 764. The number of hydrogen-bond donors (Lipinski definition) is 1. The van der Waals surface area contributed by atoms with E-state index in [-0.39, 0.29) is 5.91 Å². The number of methoxy groups -OCH3 is 2. The summed E-state index contributed by atoms with van der Waals surface area (Å²) in [5.41, 5.74) is 1.00. The predicted octanol–water partition coefficient (Wildman–Crippen LogP) is 5.68. The lowest BCUT2D eigenvalue weighted by Crippen LogP contribution is -2.15. The van der Waals surface area contributed by atoms with Crippen molar-refractivity contribution in [1.29, 1.82) is 0 Å². The van der Waals surface area contributed by atoms with Crippen molar-refractivity contribution in [2.24, 2.45) is 0 Å². The molecule has 0 aliphatic carbocycles. The average Bonchev–Trinajstić information content (AvgIpc) is 2.68. The summed E-state index contributed by atoms with van der Waals surface area (Å²) in [6, 6.07) is 10.7. The highest BCUT2D eigenvalue weighted by molar-refractivity contribution is 9.10. The summed E-state index contributed by atoms with van der Waals surface area (Å²) < 4.78 is 17.2. The van der Waals surface area contributed by atoms with Crippen molar-refractivity contribution >= 4 is 27.5 Å². The average molecular weight is 436 g/mol. The van der Waals surface area contributed by atoms with Crippen LogP contribution in [0, 0.1) is 0 Å². The van der Waals surface area contributed by atoms with Gasteiger partial charge >= 0.3 is 0 Å². The first-order chi connectivity index (χ1) is 13.1. The highest BCUT2D eigenvalue weighted by atomic mass is 79.9. The molecule has 2 rings (SSSR count). The summed E-state index contributed by atoms with van der Waals surface area (Å²) in [5, 5.41) is 2.89. The Kier molecular flexibility index (Phi) is 8.45. The molecule has 146 valence electrons. The van der Waals surface area contributed by atoms with Crippen molar-refractivity contribution in [3.8, 4) is 17.2 Å². The largest absolute Gasteiger partial charge is 0.497 e. The second-order valence-electron chi connectivity index (χ2n) is 6.07. The van der Waals surface area contributed by atoms with E-state index in [1.165, 1.54) is 12.8 Å². The smallest absolute Gasteiger partial charge is 0.259 e. The lowest BCUT2D eigenvalue weighted by atomic mass is 10.1. The van der Waals surface area contributed by atoms with E-state index in [0.29, 0.717) is 35.1 Å². The maximum absolute atomic E-state index is 12.9. The van der Waals surface area contributed by atoms with E-state index in [1.54, 1.807) is 38.5 Å². The van der Waals surface area contributed by atoms with Gasteiger partial charge in [0.2, 0.25) is 0 Å². The van der Waals surface area contributed by atoms with Crippen LogP contribution in [0.25, 0.3) is 0 Å². The number of hydrogen-bond acceptors (Lipinski definition) is 4. The zero-order chi connectivity index (χ0) is 19.6. The fourth-order valence-electron chi connectivity index (χ4n) is 2.62. The molecule has 1 N–H and O–H groups in total. The molecule has 0 heterocycles. The summed E-state index contributed by atoms with van der Waals surface area (Å²) >= 11 is 3.42. The Hall–Kier alpha value is -2.21. The van der Waals surface area contributed by atoms with Gasteiger partial charge in [-0.25, -0.2) is 0 Å². The van der Waals surface area contributed by atoms with Crippen molar-refractivity contribution in [3.05, 3.63) is 46.4 Å². The number of carbonyl (C=O) groups excluding carboxylic acids is 1. The van der Waals surface area contributed by atoms with Crippen LogP contribution in [0.5, 0.6) is 17.2 Å². The monoisotopic (exact) mass is 435 g/mol. The third-order valence-electron chi connectivity index (χ3n) is 4.10. The molecule has 0 saturated carbocycles. The first kappa shape index (κ1) is 21.1. The lowest BCUT2D eigenvalue weighted by molar-refractivity contribution is 0.102. The molecule has 27 heavy (non-hydrogen) atoms. The van der Waals surface area contributed by atoms with Gasteiger partial charge in [0, 0.05) is 10.5 Å². The molecule has 5 nitrogen and oxygen atoms in total. The highest BCUT2D eigenvalue weighted by Crippen LogP contribution is 2.31. The Morgan fingerprint density at radius 2 is 1.78 bits per heavy atom. The van der Waals surface area contributed by atoms with Gasteiger partial charge in [0.1, 0.15) is 17.2 Å². The molecule has 0 aromatic heterocycles. The van der Waals surface area contributed by atoms with Gasteiger partial charge in [-0.15, -0.1) is 0 Å². The molecule has 2 aromatic rings. The Labute approximate surface area is 169 Å². The predicted molar refractivity (Wildman–Crippen MR) is 111 cm³/mol. The van der Waals surface area contributed by atoms with Gasteiger partial charge in [-0.3, -0.25) is 4.79 Å². The minimum atomic E-state index is -0.272. The minimum Gasteiger partial charge on any atom is -0.497 e. The number of ether oxygens (including phenoxy) is 3. The van der Waals surface area contributed by atoms with Crippen LogP contribution in [-0.4, -0.2) is 26.7 Å². The van der Waals surface area contributed by atoms with E-state index in [4.69, 9.17) is 14.2 Å². The van der Waals surface area contributed by atoms with Crippen LogP contribution in [0.15, 0.2) is 40.9 Å². The maximum Gasteiger partial charge on any atom is 0.259 e. The molecular formula is C21H26BrNO4. The van der Waals surface area contributed by atoms with E-state index in [0.717, 1.165) is 17.3 Å². The van der Waals surface area contributed by atoms with Gasteiger partial charge in [0.15, 0.2) is 0 Å². The molecule has 0 fully saturated rings. The van der Waals surface area contributed by atoms with Crippen molar-refractivity contribution in [1.82, 2.24) is 0 Å². The number of nitrogens with one attached hydrogen (secondary N) is 1. The number of benzene rings is 2. The van der Waals surface area contributed by atoms with Crippen LogP contribution in [0.4, 0.5) is 5.69 Å². The zero-order valence-corrected chi connectivity index (χ0v) is 17.6. The number of amides is 1. The number of unbranched alkanes of at least 4 members (excludes halogenated alkanes) is 3. The summed E-state index contributed by atoms with van der Waals surface area (Å²) in [4.78, 5) is 12.9. The van der Waals surface area contributed by atoms with Gasteiger partial charge in [0.25, 0.3) is 5.91 Å². The number of halogens is 1. The third kappa shape index (κ3) is 6.17. The molecule has 0 atom stereocenters. The number of carbonyl (C=O) groups is 1. The van der Waals surface area contributed by atoms with Gasteiger partial charge in [-0.1, -0.05) is 42.1 Å². The van der Waals surface area contributed by atoms with Gasteiger partial charge in [0.05, 0.1) is 32.1 Å². The van der Waals surface area contributed by atoms with Crippen LogP contribution < -0.4 is 19.5 Å². The second-order valence-corrected chi connectivity index (χ2v) is 6.99. The van der Waals surface area contributed by atoms with Crippen LogP contribution >= 0.6 is 15.9 Å². The Morgan fingerprint density at radius 1 is 1.00 bits per heavy atom. The summed E-state index contributed by atoms with van der Waals surface area (Å²) in [7, 11) is 3.13. The highest BCUT2D eigenvalue weighted by Gasteiger charge is 2.16. The van der Waals surface area contributed by atoms with Crippen molar-refractivity contribution in [2.45, 2.75) is 32.6 Å². The zero-order valence-electron chi connectivity index (χ0n) is 16.0. The molecule has 1 amide bonds. The topological polar surface area (TPSA) is 56.8 Å². The standard InChI is InChI=1S/C21H26BrNO4/c1-4-5-6-7-12-27-19-10-8-15(22)13-17(19)21(24)23-18-14-16(25-2)9-11-20(18)26-3/h8-11,13-14H,4-7,12H2,1-3H3,(H,23,24). The Morgan fingerprint density at radius 3 is 2.48 bits per heavy atom. The fourth-order valence-corrected chi connectivity index (χ4v) is 2.98. The summed E-state index contributed by atoms with van der Waals surface area (Å²) in [6.07, 6.45) is 4.45.